The van der Waals surface area contributed by atoms with Crippen LogP contribution < -0.4 is 15.0 Å². The molecule has 0 aromatic heterocycles. The lowest BCUT2D eigenvalue weighted by Crippen LogP contribution is -2.49. The minimum absolute atomic E-state index is 0.00395. The number of hydrogen-bond acceptors (Lipinski definition) is 4. The lowest BCUT2D eigenvalue weighted by Gasteiger charge is -2.37. The number of benzene rings is 3. The van der Waals surface area contributed by atoms with E-state index in [0.29, 0.717) is 48.9 Å². The molecule has 0 saturated carbocycles. The fourth-order valence-electron chi connectivity index (χ4n) is 3.90. The molecule has 3 aromatic rings. The number of anilines is 2. The van der Waals surface area contributed by atoms with E-state index >= 15 is 0 Å². The molecule has 1 aliphatic rings. The second-order valence-corrected chi connectivity index (χ2v) is 8.57. The van der Waals surface area contributed by atoms with E-state index < -0.39 is 0 Å². The highest BCUT2D eigenvalue weighted by molar-refractivity contribution is 6.30. The smallest absolute Gasteiger partial charge is 0.255 e. The maximum absolute atomic E-state index is 12.9. The van der Waals surface area contributed by atoms with Crippen molar-refractivity contribution in [1.29, 1.82) is 0 Å². The molecule has 0 bridgehead atoms. The van der Waals surface area contributed by atoms with Gasteiger partial charge in [0.15, 0.2) is 0 Å². The molecular weight excluding hydrogens is 450 g/mol. The predicted octanol–water partition coefficient (Wildman–Crippen LogP) is 5.34. The first-order valence-corrected chi connectivity index (χ1v) is 11.9. The highest BCUT2D eigenvalue weighted by Gasteiger charge is 2.24. The van der Waals surface area contributed by atoms with Gasteiger partial charge in [-0.2, -0.15) is 0 Å². The summed E-state index contributed by atoms with van der Waals surface area (Å²) in [5, 5.41) is 3.65. The fourth-order valence-corrected chi connectivity index (χ4v) is 4.02. The first-order valence-electron chi connectivity index (χ1n) is 11.5. The number of nitrogens with one attached hydrogen (secondary N) is 1. The quantitative estimate of drug-likeness (QED) is 0.498. The lowest BCUT2D eigenvalue weighted by atomic mass is 10.1. The molecule has 1 fully saturated rings. The zero-order chi connectivity index (χ0) is 23.9. The number of hydrogen-bond donors (Lipinski definition) is 1. The van der Waals surface area contributed by atoms with Gasteiger partial charge in [-0.25, -0.2) is 0 Å². The normalized spacial score (nSPS) is 13.5. The Morgan fingerprint density at radius 1 is 0.882 bits per heavy atom. The molecule has 0 spiro atoms. The Labute approximate surface area is 205 Å². The topological polar surface area (TPSA) is 61.9 Å². The zero-order valence-electron chi connectivity index (χ0n) is 19.2. The second-order valence-electron chi connectivity index (χ2n) is 8.13. The van der Waals surface area contributed by atoms with Crippen LogP contribution in [0.2, 0.25) is 5.02 Å². The maximum Gasteiger partial charge on any atom is 0.255 e. The van der Waals surface area contributed by atoms with Crippen LogP contribution in [0.15, 0.2) is 72.8 Å². The monoisotopic (exact) mass is 477 g/mol. The van der Waals surface area contributed by atoms with Crippen molar-refractivity contribution in [1.82, 2.24) is 4.90 Å². The van der Waals surface area contributed by atoms with Crippen molar-refractivity contribution in [3.63, 3.8) is 0 Å². The third kappa shape index (κ3) is 5.69. The molecule has 6 nitrogen and oxygen atoms in total. The van der Waals surface area contributed by atoms with Gasteiger partial charge in [-0.15, -0.1) is 0 Å². The van der Waals surface area contributed by atoms with Gasteiger partial charge in [-0.05, 0) is 67.1 Å². The molecule has 1 aliphatic heterocycles. The number of carbonyl (C=O) groups is 2. The number of para-hydroxylation sites is 2. The van der Waals surface area contributed by atoms with Gasteiger partial charge in [-0.1, -0.05) is 30.7 Å². The predicted molar refractivity (Wildman–Crippen MR) is 136 cm³/mol. The molecule has 1 saturated heterocycles. The van der Waals surface area contributed by atoms with Crippen molar-refractivity contribution in [2.75, 3.05) is 43.0 Å². The molecule has 7 heteroatoms. The minimum Gasteiger partial charge on any atom is -0.494 e. The molecular formula is C27H28ClN3O3. The standard InChI is InChI=1S/C27H28ClN3O3/c1-2-19-34-23-13-9-20(10-14-23)26(32)29-24-5-3-4-6-25(24)30-15-17-31(18-16-30)27(33)21-7-11-22(28)12-8-21/h3-14H,2,15-19H2,1H3,(H,29,32). The molecule has 0 unspecified atom stereocenters. The molecule has 0 atom stereocenters. The fraction of sp³-hybridized carbons (Fsp3) is 0.259. The molecule has 3 aromatic carbocycles. The van der Waals surface area contributed by atoms with Crippen LogP contribution in [-0.2, 0) is 0 Å². The third-order valence-corrected chi connectivity index (χ3v) is 5.99. The average molecular weight is 478 g/mol. The first kappa shape index (κ1) is 23.6. The summed E-state index contributed by atoms with van der Waals surface area (Å²) in [7, 11) is 0. The molecule has 2 amide bonds. The summed E-state index contributed by atoms with van der Waals surface area (Å²) in [6.07, 6.45) is 0.933. The van der Waals surface area contributed by atoms with Crippen molar-refractivity contribution in [2.24, 2.45) is 0 Å². The van der Waals surface area contributed by atoms with Crippen LogP contribution in [-0.4, -0.2) is 49.5 Å². The van der Waals surface area contributed by atoms with Crippen molar-refractivity contribution in [3.8, 4) is 5.75 Å². The summed E-state index contributed by atoms with van der Waals surface area (Å²) in [6.45, 7) is 5.26. The van der Waals surface area contributed by atoms with Gasteiger partial charge in [0.2, 0.25) is 0 Å². The Morgan fingerprint density at radius 2 is 1.53 bits per heavy atom. The SMILES string of the molecule is CCCOc1ccc(C(=O)Nc2ccccc2N2CCN(C(=O)c3ccc(Cl)cc3)CC2)cc1. The number of rotatable bonds is 7. The van der Waals surface area contributed by atoms with E-state index in [0.717, 1.165) is 23.5 Å². The van der Waals surface area contributed by atoms with E-state index in [1.807, 2.05) is 41.3 Å². The van der Waals surface area contributed by atoms with Gasteiger partial charge < -0.3 is 19.9 Å². The van der Waals surface area contributed by atoms with Crippen LogP contribution >= 0.6 is 11.6 Å². The largest absolute Gasteiger partial charge is 0.494 e. The summed E-state index contributed by atoms with van der Waals surface area (Å²) in [6, 6.07) is 21.9. The molecule has 4 rings (SSSR count). The highest BCUT2D eigenvalue weighted by Crippen LogP contribution is 2.28. The minimum atomic E-state index is -0.175. The second kappa shape index (κ2) is 11.1. The van der Waals surface area contributed by atoms with E-state index in [2.05, 4.69) is 17.1 Å². The van der Waals surface area contributed by atoms with Crippen molar-refractivity contribution < 1.29 is 14.3 Å². The Kier molecular flexibility index (Phi) is 7.70. The summed E-state index contributed by atoms with van der Waals surface area (Å²) >= 11 is 5.94. The summed E-state index contributed by atoms with van der Waals surface area (Å²) in [5.74, 6) is 0.583. The maximum atomic E-state index is 12.9. The van der Waals surface area contributed by atoms with Crippen molar-refractivity contribution >= 4 is 34.8 Å². The molecule has 1 N–H and O–H groups in total. The molecule has 0 radical (unpaired) electrons. The van der Waals surface area contributed by atoms with Crippen molar-refractivity contribution in [2.45, 2.75) is 13.3 Å². The number of piperazine rings is 1. The van der Waals surface area contributed by atoms with Crippen LogP contribution in [0.1, 0.15) is 34.1 Å². The highest BCUT2D eigenvalue weighted by atomic mass is 35.5. The summed E-state index contributed by atoms with van der Waals surface area (Å²) < 4.78 is 5.59. The molecule has 176 valence electrons. The van der Waals surface area contributed by atoms with E-state index in [-0.39, 0.29) is 11.8 Å². The number of nitrogens with zero attached hydrogens (tertiary/aromatic N) is 2. The Morgan fingerprint density at radius 3 is 2.21 bits per heavy atom. The summed E-state index contributed by atoms with van der Waals surface area (Å²) in [4.78, 5) is 29.7. The van der Waals surface area contributed by atoms with E-state index in [1.54, 1.807) is 36.4 Å². The molecule has 34 heavy (non-hydrogen) atoms. The summed E-state index contributed by atoms with van der Waals surface area (Å²) in [5.41, 5.74) is 2.89. The van der Waals surface area contributed by atoms with E-state index in [4.69, 9.17) is 16.3 Å². The molecule has 1 heterocycles. The number of halogens is 1. The van der Waals surface area contributed by atoms with Crippen LogP contribution in [0.4, 0.5) is 11.4 Å². The van der Waals surface area contributed by atoms with Crippen LogP contribution in [0, 0.1) is 0 Å². The number of amides is 2. The Hall–Kier alpha value is -3.51. The first-order chi connectivity index (χ1) is 16.5. The zero-order valence-corrected chi connectivity index (χ0v) is 19.9. The average Bonchev–Trinajstić information content (AvgIpc) is 2.88. The molecule has 0 aliphatic carbocycles. The van der Waals surface area contributed by atoms with E-state index in [1.165, 1.54) is 0 Å². The number of ether oxygens (including phenoxy) is 1. The van der Waals surface area contributed by atoms with E-state index in [9.17, 15) is 9.59 Å². The van der Waals surface area contributed by atoms with Gasteiger partial charge in [-0.3, -0.25) is 9.59 Å². The van der Waals surface area contributed by atoms with Crippen LogP contribution in [0.3, 0.4) is 0 Å². The Balaban J connectivity index is 1.39. The number of carbonyl (C=O) groups excluding carboxylic acids is 2. The van der Waals surface area contributed by atoms with Gasteiger partial charge >= 0.3 is 0 Å². The van der Waals surface area contributed by atoms with Gasteiger partial charge in [0.1, 0.15) is 5.75 Å². The van der Waals surface area contributed by atoms with Crippen molar-refractivity contribution in [3.05, 3.63) is 88.9 Å². The Bertz CT molecular complexity index is 1120. The van der Waals surface area contributed by atoms with Crippen LogP contribution in [0.5, 0.6) is 5.75 Å². The lowest BCUT2D eigenvalue weighted by molar-refractivity contribution is 0.0746. The third-order valence-electron chi connectivity index (χ3n) is 5.74. The van der Waals surface area contributed by atoms with Gasteiger partial charge in [0.25, 0.3) is 11.8 Å². The van der Waals surface area contributed by atoms with Gasteiger partial charge in [0, 0.05) is 42.3 Å². The van der Waals surface area contributed by atoms with Gasteiger partial charge in [0.05, 0.1) is 18.0 Å². The van der Waals surface area contributed by atoms with Crippen LogP contribution in [0.25, 0.3) is 0 Å².